The first-order chi connectivity index (χ1) is 11.7. The standard InChI is InChI=1S/C18H21BClFO4/c1-17(2)18(3,4)25-19(24-17)13-9-12(23-10-22-5)8-11-6-7-14(21)16(20)15(11)13/h6-9H,10H2,1-5H3. The van der Waals surface area contributed by atoms with Gasteiger partial charge in [-0.15, -0.1) is 0 Å². The smallest absolute Gasteiger partial charge is 0.468 e. The highest BCUT2D eigenvalue weighted by atomic mass is 35.5. The van der Waals surface area contributed by atoms with Crippen molar-refractivity contribution in [1.82, 2.24) is 0 Å². The van der Waals surface area contributed by atoms with Gasteiger partial charge in [-0.05, 0) is 56.7 Å². The molecule has 0 radical (unpaired) electrons. The van der Waals surface area contributed by atoms with Crippen LogP contribution in [0.5, 0.6) is 5.75 Å². The Bertz CT molecular complexity index is 793. The second-order valence-corrected chi connectivity index (χ2v) is 7.49. The number of methoxy groups -OCH3 is 1. The molecular weight excluding hydrogens is 345 g/mol. The summed E-state index contributed by atoms with van der Waals surface area (Å²) in [5.74, 6) is 0.0826. The number of ether oxygens (including phenoxy) is 2. The molecule has 134 valence electrons. The summed E-state index contributed by atoms with van der Waals surface area (Å²) in [7, 11) is 0.862. The maximum atomic E-state index is 14.1. The van der Waals surface area contributed by atoms with E-state index < -0.39 is 24.1 Å². The van der Waals surface area contributed by atoms with Crippen molar-refractivity contribution in [2.24, 2.45) is 0 Å². The first kappa shape index (κ1) is 18.5. The van der Waals surface area contributed by atoms with E-state index in [-0.39, 0.29) is 11.8 Å². The van der Waals surface area contributed by atoms with Crippen molar-refractivity contribution in [3.63, 3.8) is 0 Å². The number of fused-ring (bicyclic) bond motifs is 1. The third kappa shape index (κ3) is 3.24. The first-order valence-electron chi connectivity index (χ1n) is 8.05. The summed E-state index contributed by atoms with van der Waals surface area (Å²) in [4.78, 5) is 0. The van der Waals surface area contributed by atoms with E-state index in [1.807, 2.05) is 27.7 Å². The molecule has 0 bridgehead atoms. The van der Waals surface area contributed by atoms with Crippen LogP contribution in [0, 0.1) is 5.82 Å². The van der Waals surface area contributed by atoms with Crippen molar-refractivity contribution < 1.29 is 23.2 Å². The maximum Gasteiger partial charge on any atom is 0.495 e. The third-order valence-electron chi connectivity index (χ3n) is 4.86. The summed E-state index contributed by atoms with van der Waals surface area (Å²) in [5, 5.41) is 1.34. The second kappa shape index (κ2) is 6.43. The highest BCUT2D eigenvalue weighted by Gasteiger charge is 2.52. The third-order valence-corrected chi connectivity index (χ3v) is 5.23. The SMILES string of the molecule is COCOc1cc(B2OC(C)(C)C(C)(C)O2)c2c(Cl)c(F)ccc2c1. The van der Waals surface area contributed by atoms with Crippen LogP contribution in [-0.2, 0) is 14.0 Å². The molecule has 7 heteroatoms. The van der Waals surface area contributed by atoms with Gasteiger partial charge in [0.15, 0.2) is 6.79 Å². The summed E-state index contributed by atoms with van der Waals surface area (Å²) < 4.78 is 36.8. The molecule has 1 aliphatic rings. The van der Waals surface area contributed by atoms with E-state index in [0.29, 0.717) is 16.6 Å². The molecule has 1 aliphatic heterocycles. The van der Waals surface area contributed by atoms with Gasteiger partial charge < -0.3 is 18.8 Å². The van der Waals surface area contributed by atoms with Crippen molar-refractivity contribution in [2.75, 3.05) is 13.9 Å². The lowest BCUT2D eigenvalue weighted by Gasteiger charge is -2.32. The second-order valence-electron chi connectivity index (χ2n) is 7.11. The van der Waals surface area contributed by atoms with Crippen LogP contribution in [0.3, 0.4) is 0 Å². The molecule has 2 aromatic rings. The molecule has 0 N–H and O–H groups in total. The van der Waals surface area contributed by atoms with E-state index >= 15 is 0 Å². The lowest BCUT2D eigenvalue weighted by molar-refractivity contribution is 0.00578. The largest absolute Gasteiger partial charge is 0.495 e. The van der Waals surface area contributed by atoms with Gasteiger partial charge in [0.1, 0.15) is 11.6 Å². The number of hydrogen-bond donors (Lipinski definition) is 0. The minimum absolute atomic E-state index is 0.0421. The van der Waals surface area contributed by atoms with Gasteiger partial charge >= 0.3 is 7.12 Å². The Morgan fingerprint density at radius 2 is 1.76 bits per heavy atom. The Balaban J connectivity index is 2.16. The maximum absolute atomic E-state index is 14.1. The first-order valence-corrected chi connectivity index (χ1v) is 8.43. The number of rotatable bonds is 4. The van der Waals surface area contributed by atoms with Gasteiger partial charge in [0.25, 0.3) is 0 Å². The average Bonchev–Trinajstić information content (AvgIpc) is 2.76. The van der Waals surface area contributed by atoms with E-state index in [1.165, 1.54) is 6.07 Å². The van der Waals surface area contributed by atoms with Gasteiger partial charge in [-0.3, -0.25) is 0 Å². The molecule has 0 spiro atoms. The molecule has 0 amide bonds. The zero-order chi connectivity index (χ0) is 18.4. The normalized spacial score (nSPS) is 18.8. The monoisotopic (exact) mass is 366 g/mol. The van der Waals surface area contributed by atoms with Gasteiger partial charge in [0.05, 0.1) is 16.2 Å². The van der Waals surface area contributed by atoms with Crippen LogP contribution in [0.4, 0.5) is 4.39 Å². The summed E-state index contributed by atoms with van der Waals surface area (Å²) in [6.45, 7) is 7.94. The summed E-state index contributed by atoms with van der Waals surface area (Å²) in [6.07, 6.45) is 0. The van der Waals surface area contributed by atoms with E-state index in [2.05, 4.69) is 0 Å². The van der Waals surface area contributed by atoms with Gasteiger partial charge in [0.2, 0.25) is 0 Å². The molecule has 3 rings (SSSR count). The molecule has 1 heterocycles. The van der Waals surface area contributed by atoms with Crippen LogP contribution >= 0.6 is 11.6 Å². The van der Waals surface area contributed by atoms with E-state index in [1.54, 1.807) is 25.3 Å². The highest BCUT2D eigenvalue weighted by molar-refractivity contribution is 6.66. The van der Waals surface area contributed by atoms with Crippen molar-refractivity contribution in [2.45, 2.75) is 38.9 Å². The zero-order valence-corrected chi connectivity index (χ0v) is 15.7. The average molecular weight is 367 g/mol. The van der Waals surface area contributed by atoms with Gasteiger partial charge in [-0.25, -0.2) is 4.39 Å². The molecule has 0 atom stereocenters. The molecule has 25 heavy (non-hydrogen) atoms. The van der Waals surface area contributed by atoms with Crippen molar-refractivity contribution in [3.05, 3.63) is 35.1 Å². The van der Waals surface area contributed by atoms with Crippen LogP contribution in [-0.4, -0.2) is 32.2 Å². The predicted octanol–water partition coefficient (Wildman–Crippen LogP) is 3.91. The van der Waals surface area contributed by atoms with Gasteiger partial charge in [-0.2, -0.15) is 0 Å². The molecule has 1 fully saturated rings. The summed E-state index contributed by atoms with van der Waals surface area (Å²) in [5.41, 5.74) is -0.410. The fourth-order valence-corrected chi connectivity index (χ4v) is 3.05. The molecular formula is C18H21BClFO4. The van der Waals surface area contributed by atoms with Crippen molar-refractivity contribution in [1.29, 1.82) is 0 Å². The molecule has 1 saturated heterocycles. The van der Waals surface area contributed by atoms with E-state index in [0.717, 1.165) is 5.39 Å². The minimum atomic E-state index is -0.683. The van der Waals surface area contributed by atoms with Crippen LogP contribution < -0.4 is 10.2 Å². The van der Waals surface area contributed by atoms with Crippen LogP contribution in [0.2, 0.25) is 5.02 Å². The zero-order valence-electron chi connectivity index (χ0n) is 15.0. The molecule has 0 unspecified atom stereocenters. The van der Waals surface area contributed by atoms with Crippen LogP contribution in [0.25, 0.3) is 10.8 Å². The van der Waals surface area contributed by atoms with Crippen LogP contribution in [0.15, 0.2) is 24.3 Å². The van der Waals surface area contributed by atoms with Crippen molar-refractivity contribution >= 4 is 35.0 Å². The molecule has 4 nitrogen and oxygen atoms in total. The summed E-state index contributed by atoms with van der Waals surface area (Å²) >= 11 is 6.26. The quantitative estimate of drug-likeness (QED) is 0.607. The Labute approximate surface area is 152 Å². The molecule has 2 aromatic carbocycles. The van der Waals surface area contributed by atoms with Crippen molar-refractivity contribution in [3.8, 4) is 5.75 Å². The van der Waals surface area contributed by atoms with E-state index in [9.17, 15) is 4.39 Å². The molecule has 0 aromatic heterocycles. The predicted molar refractivity (Wildman–Crippen MR) is 97.1 cm³/mol. The summed E-state index contributed by atoms with van der Waals surface area (Å²) in [6, 6.07) is 6.53. The van der Waals surface area contributed by atoms with E-state index in [4.69, 9.17) is 30.4 Å². The topological polar surface area (TPSA) is 36.9 Å². The lowest BCUT2D eigenvalue weighted by Crippen LogP contribution is -2.41. The Morgan fingerprint density at radius 3 is 2.36 bits per heavy atom. The lowest BCUT2D eigenvalue weighted by atomic mass is 9.76. The van der Waals surface area contributed by atoms with Crippen LogP contribution in [0.1, 0.15) is 27.7 Å². The van der Waals surface area contributed by atoms with Gasteiger partial charge in [-0.1, -0.05) is 17.7 Å². The fraction of sp³-hybridized carbons (Fsp3) is 0.444. The minimum Gasteiger partial charge on any atom is -0.468 e. The Morgan fingerprint density at radius 1 is 1.12 bits per heavy atom. The number of halogens is 2. The Hall–Kier alpha value is -1.34. The number of hydrogen-bond acceptors (Lipinski definition) is 4. The van der Waals surface area contributed by atoms with Gasteiger partial charge in [0, 0.05) is 12.5 Å². The Kier molecular flexibility index (Phi) is 4.75. The highest BCUT2D eigenvalue weighted by Crippen LogP contribution is 2.38. The fourth-order valence-electron chi connectivity index (χ4n) is 2.77. The molecule has 0 aliphatic carbocycles. The number of benzene rings is 2. The molecule has 0 saturated carbocycles.